The number of hydrogen-bond acceptors (Lipinski definition) is 2. The first-order chi connectivity index (χ1) is 10.3. The van der Waals surface area contributed by atoms with Crippen molar-refractivity contribution >= 4 is 39.9 Å². The van der Waals surface area contributed by atoms with E-state index in [4.69, 9.17) is 0 Å². The van der Waals surface area contributed by atoms with Gasteiger partial charge in [0.15, 0.2) is 0 Å². The van der Waals surface area contributed by atoms with Crippen molar-refractivity contribution in [2.75, 3.05) is 5.32 Å². The first kappa shape index (κ1) is 13.6. The Hall–Kier alpha value is -2.33. The number of carbonyl (C=O) groups is 1. The highest BCUT2D eigenvalue weighted by molar-refractivity contribution is 7.08. The van der Waals surface area contributed by atoms with Gasteiger partial charge in [-0.15, -0.1) is 0 Å². The Labute approximate surface area is 127 Å². The topological polar surface area (TPSA) is 34.0 Å². The predicted octanol–water partition coefficient (Wildman–Crippen LogP) is 4.37. The number of aryl methyl sites for hydroxylation is 1. The molecule has 2 aromatic heterocycles. The van der Waals surface area contributed by atoms with Crippen molar-refractivity contribution in [3.8, 4) is 0 Å². The molecule has 106 valence electrons. The van der Waals surface area contributed by atoms with Crippen LogP contribution in [0.2, 0.25) is 0 Å². The van der Waals surface area contributed by atoms with Gasteiger partial charge in [0.05, 0.1) is 0 Å². The number of carbonyl (C=O) groups excluding carboxylic acids is 1. The molecule has 3 nitrogen and oxygen atoms in total. The Bertz CT molecular complexity index is 784. The van der Waals surface area contributed by atoms with Crippen molar-refractivity contribution in [2.24, 2.45) is 0 Å². The van der Waals surface area contributed by atoms with Gasteiger partial charge in [0.1, 0.15) is 0 Å². The summed E-state index contributed by atoms with van der Waals surface area (Å²) in [7, 11) is 0. The number of anilines is 1. The van der Waals surface area contributed by atoms with Crippen molar-refractivity contribution in [3.63, 3.8) is 0 Å². The second-order valence-electron chi connectivity index (χ2n) is 4.75. The van der Waals surface area contributed by atoms with Gasteiger partial charge in [-0.25, -0.2) is 0 Å². The van der Waals surface area contributed by atoms with E-state index in [0.29, 0.717) is 0 Å². The van der Waals surface area contributed by atoms with E-state index in [1.807, 2.05) is 41.1 Å². The lowest BCUT2D eigenvalue weighted by Gasteiger charge is -2.04. The zero-order valence-corrected chi connectivity index (χ0v) is 12.6. The average Bonchev–Trinajstić information content (AvgIpc) is 3.14. The molecular formula is C17H16N2OS. The highest BCUT2D eigenvalue weighted by Crippen LogP contribution is 2.20. The third kappa shape index (κ3) is 3.06. The van der Waals surface area contributed by atoms with Crippen LogP contribution in [0.5, 0.6) is 0 Å². The minimum absolute atomic E-state index is 0.115. The molecule has 3 aromatic rings. The van der Waals surface area contributed by atoms with Crippen molar-refractivity contribution in [1.29, 1.82) is 0 Å². The molecule has 0 atom stereocenters. The third-order valence-electron chi connectivity index (χ3n) is 3.35. The molecule has 0 saturated carbocycles. The third-order valence-corrected chi connectivity index (χ3v) is 4.05. The highest BCUT2D eigenvalue weighted by atomic mass is 32.1. The molecule has 0 saturated heterocycles. The monoisotopic (exact) mass is 296 g/mol. The number of amides is 1. The number of fused-ring (bicyclic) bond motifs is 1. The van der Waals surface area contributed by atoms with E-state index in [1.165, 1.54) is 5.52 Å². The summed E-state index contributed by atoms with van der Waals surface area (Å²) in [6, 6.07) is 10.0. The molecule has 21 heavy (non-hydrogen) atoms. The Balaban J connectivity index is 1.74. The number of nitrogens with one attached hydrogen (secondary N) is 1. The van der Waals surface area contributed by atoms with Crippen LogP contribution in [-0.4, -0.2) is 10.5 Å². The van der Waals surface area contributed by atoms with Crippen LogP contribution in [0, 0.1) is 0 Å². The number of hydrogen-bond donors (Lipinski definition) is 1. The molecule has 0 radical (unpaired) electrons. The normalized spacial score (nSPS) is 11.3. The van der Waals surface area contributed by atoms with Crippen molar-refractivity contribution in [2.45, 2.75) is 13.5 Å². The van der Waals surface area contributed by atoms with Gasteiger partial charge in [0.25, 0.3) is 0 Å². The number of rotatable bonds is 4. The molecule has 0 fully saturated rings. The number of thiophene rings is 1. The first-order valence-corrected chi connectivity index (χ1v) is 7.80. The van der Waals surface area contributed by atoms with Crippen LogP contribution in [0.3, 0.4) is 0 Å². The molecule has 3 rings (SSSR count). The summed E-state index contributed by atoms with van der Waals surface area (Å²) < 4.78 is 2.18. The predicted molar refractivity (Wildman–Crippen MR) is 89.6 cm³/mol. The lowest BCUT2D eigenvalue weighted by molar-refractivity contribution is -0.111. The van der Waals surface area contributed by atoms with Gasteiger partial charge >= 0.3 is 0 Å². The molecule has 0 unspecified atom stereocenters. The molecular weight excluding hydrogens is 280 g/mol. The summed E-state index contributed by atoms with van der Waals surface area (Å²) in [5.41, 5.74) is 3.05. The van der Waals surface area contributed by atoms with Gasteiger partial charge in [-0.2, -0.15) is 11.3 Å². The Morgan fingerprint density at radius 1 is 1.33 bits per heavy atom. The molecule has 0 aliphatic rings. The maximum Gasteiger partial charge on any atom is 0.248 e. The van der Waals surface area contributed by atoms with Crippen LogP contribution in [0.4, 0.5) is 5.69 Å². The SMILES string of the molecule is CCn1ccc2cc(NC(=O)/C=C\c3ccsc3)ccc21. The summed E-state index contributed by atoms with van der Waals surface area (Å²) in [6.45, 7) is 3.06. The summed E-state index contributed by atoms with van der Waals surface area (Å²) in [5, 5.41) is 8.02. The zero-order chi connectivity index (χ0) is 14.7. The zero-order valence-electron chi connectivity index (χ0n) is 11.7. The molecule has 1 N–H and O–H groups in total. The van der Waals surface area contributed by atoms with Crippen LogP contribution in [0.25, 0.3) is 17.0 Å². The van der Waals surface area contributed by atoms with Gasteiger partial charge in [-0.1, -0.05) is 0 Å². The van der Waals surface area contributed by atoms with Crippen LogP contribution in [0.15, 0.2) is 53.4 Å². The van der Waals surface area contributed by atoms with E-state index in [-0.39, 0.29) is 5.91 Å². The molecule has 0 aliphatic carbocycles. The number of benzene rings is 1. The Morgan fingerprint density at radius 2 is 2.24 bits per heavy atom. The fourth-order valence-electron chi connectivity index (χ4n) is 2.28. The smallest absolute Gasteiger partial charge is 0.248 e. The maximum absolute atomic E-state index is 11.9. The van der Waals surface area contributed by atoms with Crippen LogP contribution in [-0.2, 0) is 11.3 Å². The number of nitrogens with zero attached hydrogens (tertiary/aromatic N) is 1. The second kappa shape index (κ2) is 5.97. The molecule has 2 heterocycles. The fourth-order valence-corrected chi connectivity index (χ4v) is 2.91. The molecule has 0 aliphatic heterocycles. The van der Waals surface area contributed by atoms with Crippen LogP contribution >= 0.6 is 11.3 Å². The maximum atomic E-state index is 11.9. The highest BCUT2D eigenvalue weighted by Gasteiger charge is 2.03. The lowest BCUT2D eigenvalue weighted by Crippen LogP contribution is -2.07. The molecule has 4 heteroatoms. The van der Waals surface area contributed by atoms with E-state index in [9.17, 15) is 4.79 Å². The largest absolute Gasteiger partial charge is 0.348 e. The van der Waals surface area contributed by atoms with Gasteiger partial charge < -0.3 is 9.88 Å². The van der Waals surface area contributed by atoms with Crippen LogP contribution < -0.4 is 5.32 Å². The minimum atomic E-state index is -0.115. The summed E-state index contributed by atoms with van der Waals surface area (Å²) >= 11 is 1.62. The Kier molecular flexibility index (Phi) is 3.88. The fraction of sp³-hybridized carbons (Fsp3) is 0.118. The van der Waals surface area contributed by atoms with Gasteiger partial charge in [-0.05, 0) is 59.7 Å². The summed E-state index contributed by atoms with van der Waals surface area (Å²) in [4.78, 5) is 11.9. The van der Waals surface area contributed by atoms with Crippen molar-refractivity contribution in [3.05, 3.63) is 58.9 Å². The van der Waals surface area contributed by atoms with Gasteiger partial charge in [0.2, 0.25) is 5.91 Å². The van der Waals surface area contributed by atoms with Crippen molar-refractivity contribution < 1.29 is 4.79 Å². The molecule has 0 bridgehead atoms. The number of aromatic nitrogens is 1. The van der Waals surface area contributed by atoms with E-state index >= 15 is 0 Å². The van der Waals surface area contributed by atoms with Gasteiger partial charge in [0, 0.05) is 35.4 Å². The molecule has 0 spiro atoms. The van der Waals surface area contributed by atoms with E-state index in [0.717, 1.165) is 23.2 Å². The van der Waals surface area contributed by atoms with E-state index in [2.05, 4.69) is 29.1 Å². The second-order valence-corrected chi connectivity index (χ2v) is 5.53. The minimum Gasteiger partial charge on any atom is -0.348 e. The quantitative estimate of drug-likeness (QED) is 0.712. The summed E-state index contributed by atoms with van der Waals surface area (Å²) in [6.07, 6.45) is 5.44. The molecule has 1 amide bonds. The Morgan fingerprint density at radius 3 is 3.00 bits per heavy atom. The average molecular weight is 296 g/mol. The summed E-state index contributed by atoms with van der Waals surface area (Å²) in [5.74, 6) is -0.115. The van der Waals surface area contributed by atoms with Crippen molar-refractivity contribution in [1.82, 2.24) is 4.57 Å². The molecule has 1 aromatic carbocycles. The van der Waals surface area contributed by atoms with Crippen LogP contribution in [0.1, 0.15) is 12.5 Å². The van der Waals surface area contributed by atoms with Gasteiger partial charge in [-0.3, -0.25) is 4.79 Å². The van der Waals surface area contributed by atoms with E-state index < -0.39 is 0 Å². The van der Waals surface area contributed by atoms with E-state index in [1.54, 1.807) is 17.4 Å². The first-order valence-electron chi connectivity index (χ1n) is 6.86. The standard InChI is InChI=1S/C17H16N2OS/c1-2-19-9-7-14-11-15(4-5-16(14)19)18-17(20)6-3-13-8-10-21-12-13/h3-12H,2H2,1H3,(H,18,20)/b6-3-. The lowest BCUT2D eigenvalue weighted by atomic mass is 10.2.